The van der Waals surface area contributed by atoms with E-state index in [2.05, 4.69) is 22.4 Å². The van der Waals surface area contributed by atoms with E-state index in [1.54, 1.807) is 0 Å². The fraction of sp³-hybridized carbons (Fsp3) is 0.500. The summed E-state index contributed by atoms with van der Waals surface area (Å²) in [4.78, 5) is 14.1. The quantitative estimate of drug-likeness (QED) is 0.836. The highest BCUT2D eigenvalue weighted by atomic mass is 16.2. The number of aryl methyl sites for hydroxylation is 1. The standard InChI is InChI=1S/C16H23N3O/c1-2-19-12-10-15(11-13-19)17-18-16(20)9-8-14-6-4-3-5-7-14/h3-7H,2,8-13H2,1H3,(H,18,20). The van der Waals surface area contributed by atoms with Gasteiger partial charge in [-0.15, -0.1) is 0 Å². The molecule has 1 heterocycles. The van der Waals surface area contributed by atoms with Gasteiger partial charge in [-0.3, -0.25) is 4.79 Å². The maximum Gasteiger partial charge on any atom is 0.240 e. The van der Waals surface area contributed by atoms with Crippen molar-refractivity contribution in [3.8, 4) is 0 Å². The van der Waals surface area contributed by atoms with Crippen molar-refractivity contribution in [1.29, 1.82) is 0 Å². The first-order chi connectivity index (χ1) is 9.78. The smallest absolute Gasteiger partial charge is 0.240 e. The molecule has 4 nitrogen and oxygen atoms in total. The number of hydrogen-bond acceptors (Lipinski definition) is 3. The molecule has 1 saturated heterocycles. The molecular weight excluding hydrogens is 250 g/mol. The minimum absolute atomic E-state index is 0.000672. The first kappa shape index (κ1) is 14.7. The maximum absolute atomic E-state index is 11.8. The van der Waals surface area contributed by atoms with Crippen LogP contribution in [-0.4, -0.2) is 36.2 Å². The summed E-state index contributed by atoms with van der Waals surface area (Å²) >= 11 is 0. The van der Waals surface area contributed by atoms with E-state index in [9.17, 15) is 4.79 Å². The van der Waals surface area contributed by atoms with Gasteiger partial charge in [-0.2, -0.15) is 5.10 Å². The topological polar surface area (TPSA) is 44.7 Å². The van der Waals surface area contributed by atoms with Gasteiger partial charge >= 0.3 is 0 Å². The number of hydrogen-bond donors (Lipinski definition) is 1. The molecule has 0 aromatic heterocycles. The highest BCUT2D eigenvalue weighted by Gasteiger charge is 2.13. The second kappa shape index (κ2) is 7.80. The highest BCUT2D eigenvalue weighted by Crippen LogP contribution is 2.06. The fourth-order valence-electron chi connectivity index (χ4n) is 2.34. The number of likely N-dealkylation sites (tertiary alicyclic amines) is 1. The van der Waals surface area contributed by atoms with E-state index in [-0.39, 0.29) is 5.91 Å². The van der Waals surface area contributed by atoms with Crippen LogP contribution >= 0.6 is 0 Å². The van der Waals surface area contributed by atoms with Crippen molar-refractivity contribution in [3.05, 3.63) is 35.9 Å². The molecule has 0 bridgehead atoms. The van der Waals surface area contributed by atoms with Gasteiger partial charge in [-0.1, -0.05) is 37.3 Å². The molecule has 1 aliphatic heterocycles. The van der Waals surface area contributed by atoms with Crippen molar-refractivity contribution < 1.29 is 4.79 Å². The number of carbonyl (C=O) groups is 1. The minimum atomic E-state index is -0.000672. The summed E-state index contributed by atoms with van der Waals surface area (Å²) in [5.74, 6) is -0.000672. The molecule has 1 aromatic rings. The Labute approximate surface area is 120 Å². The zero-order valence-corrected chi connectivity index (χ0v) is 12.1. The van der Waals surface area contributed by atoms with Crippen LogP contribution in [0.2, 0.25) is 0 Å². The summed E-state index contributed by atoms with van der Waals surface area (Å²) in [5, 5.41) is 4.25. The maximum atomic E-state index is 11.8. The molecular formula is C16H23N3O. The molecule has 0 saturated carbocycles. The highest BCUT2D eigenvalue weighted by molar-refractivity contribution is 5.87. The van der Waals surface area contributed by atoms with Gasteiger partial charge in [0.2, 0.25) is 5.91 Å². The van der Waals surface area contributed by atoms with Gasteiger partial charge in [0.15, 0.2) is 0 Å². The van der Waals surface area contributed by atoms with E-state index in [0.717, 1.165) is 44.6 Å². The van der Waals surface area contributed by atoms with Crippen LogP contribution in [0.1, 0.15) is 31.7 Å². The van der Waals surface area contributed by atoms with E-state index in [1.807, 2.05) is 30.3 Å². The number of benzene rings is 1. The number of nitrogens with zero attached hydrogens (tertiary/aromatic N) is 2. The van der Waals surface area contributed by atoms with Crippen LogP contribution < -0.4 is 5.43 Å². The van der Waals surface area contributed by atoms with E-state index in [1.165, 1.54) is 5.56 Å². The lowest BCUT2D eigenvalue weighted by molar-refractivity contribution is -0.121. The number of carbonyl (C=O) groups excluding carboxylic acids is 1. The van der Waals surface area contributed by atoms with Gasteiger partial charge in [-0.25, -0.2) is 5.43 Å². The molecule has 1 aliphatic rings. The molecule has 0 radical (unpaired) electrons. The van der Waals surface area contributed by atoms with Crippen molar-refractivity contribution in [3.63, 3.8) is 0 Å². The van der Waals surface area contributed by atoms with E-state index < -0.39 is 0 Å². The monoisotopic (exact) mass is 273 g/mol. The normalized spacial score (nSPS) is 15.9. The van der Waals surface area contributed by atoms with Gasteiger partial charge in [0.25, 0.3) is 0 Å². The number of nitrogens with one attached hydrogen (secondary N) is 1. The third kappa shape index (κ3) is 4.78. The zero-order chi connectivity index (χ0) is 14.2. The van der Waals surface area contributed by atoms with Crippen LogP contribution in [-0.2, 0) is 11.2 Å². The van der Waals surface area contributed by atoms with Crippen LogP contribution in [0, 0.1) is 0 Å². The molecule has 0 atom stereocenters. The minimum Gasteiger partial charge on any atom is -0.303 e. The molecule has 1 amide bonds. The Morgan fingerprint density at radius 1 is 1.25 bits per heavy atom. The largest absolute Gasteiger partial charge is 0.303 e. The van der Waals surface area contributed by atoms with Gasteiger partial charge in [0.05, 0.1) is 0 Å². The molecule has 2 rings (SSSR count). The second-order valence-corrected chi connectivity index (χ2v) is 5.13. The summed E-state index contributed by atoms with van der Waals surface area (Å²) in [7, 11) is 0. The van der Waals surface area contributed by atoms with E-state index >= 15 is 0 Å². The number of amides is 1. The fourth-order valence-corrected chi connectivity index (χ4v) is 2.34. The number of hydrazone groups is 1. The first-order valence-electron chi connectivity index (χ1n) is 7.38. The predicted molar refractivity (Wildman–Crippen MR) is 81.7 cm³/mol. The molecule has 0 spiro atoms. The van der Waals surface area contributed by atoms with Gasteiger partial charge in [0, 0.05) is 38.1 Å². The Morgan fingerprint density at radius 2 is 1.95 bits per heavy atom. The molecule has 4 heteroatoms. The Kier molecular flexibility index (Phi) is 5.74. The lowest BCUT2D eigenvalue weighted by Gasteiger charge is -2.25. The van der Waals surface area contributed by atoms with Gasteiger partial charge < -0.3 is 4.90 Å². The van der Waals surface area contributed by atoms with Crippen molar-refractivity contribution in [1.82, 2.24) is 10.3 Å². The van der Waals surface area contributed by atoms with Crippen LogP contribution in [0.5, 0.6) is 0 Å². The lowest BCUT2D eigenvalue weighted by Crippen LogP contribution is -2.34. The van der Waals surface area contributed by atoms with Gasteiger partial charge in [-0.05, 0) is 18.5 Å². The van der Waals surface area contributed by atoms with E-state index in [0.29, 0.717) is 6.42 Å². The molecule has 20 heavy (non-hydrogen) atoms. The van der Waals surface area contributed by atoms with Crippen molar-refractivity contribution in [2.75, 3.05) is 19.6 Å². The summed E-state index contributed by atoms with van der Waals surface area (Å²) in [6.45, 7) is 5.37. The average Bonchev–Trinajstić information content (AvgIpc) is 2.52. The first-order valence-corrected chi connectivity index (χ1v) is 7.38. The molecule has 0 aliphatic carbocycles. The number of rotatable bonds is 5. The van der Waals surface area contributed by atoms with Crippen molar-refractivity contribution >= 4 is 11.6 Å². The zero-order valence-electron chi connectivity index (χ0n) is 12.1. The number of piperidine rings is 1. The summed E-state index contributed by atoms with van der Waals surface area (Å²) in [5.41, 5.74) is 4.99. The van der Waals surface area contributed by atoms with Gasteiger partial charge in [0.1, 0.15) is 0 Å². The Balaban J connectivity index is 1.70. The van der Waals surface area contributed by atoms with Crippen LogP contribution in [0.25, 0.3) is 0 Å². The summed E-state index contributed by atoms with van der Waals surface area (Å²) in [6, 6.07) is 10.1. The Hall–Kier alpha value is -1.68. The summed E-state index contributed by atoms with van der Waals surface area (Å²) < 4.78 is 0. The van der Waals surface area contributed by atoms with Crippen LogP contribution in [0.3, 0.4) is 0 Å². The second-order valence-electron chi connectivity index (χ2n) is 5.13. The van der Waals surface area contributed by atoms with Crippen LogP contribution in [0.4, 0.5) is 0 Å². The van der Waals surface area contributed by atoms with Crippen molar-refractivity contribution in [2.24, 2.45) is 5.10 Å². The molecule has 1 fully saturated rings. The third-order valence-electron chi connectivity index (χ3n) is 3.70. The molecule has 108 valence electrons. The average molecular weight is 273 g/mol. The van der Waals surface area contributed by atoms with Crippen LogP contribution in [0.15, 0.2) is 35.4 Å². The molecule has 1 N–H and O–H groups in total. The Morgan fingerprint density at radius 3 is 2.60 bits per heavy atom. The van der Waals surface area contributed by atoms with Crippen molar-refractivity contribution in [2.45, 2.75) is 32.6 Å². The predicted octanol–water partition coefficient (Wildman–Crippen LogP) is 2.21. The van der Waals surface area contributed by atoms with E-state index in [4.69, 9.17) is 0 Å². The SMILES string of the molecule is CCN1CCC(=NNC(=O)CCc2ccccc2)CC1. The molecule has 0 unspecified atom stereocenters. The lowest BCUT2D eigenvalue weighted by atomic mass is 10.1. The Bertz CT molecular complexity index is 446. The molecule has 1 aromatic carbocycles. The third-order valence-corrected chi connectivity index (χ3v) is 3.70. The summed E-state index contributed by atoms with van der Waals surface area (Å²) in [6.07, 6.45) is 3.18.